The van der Waals surface area contributed by atoms with Gasteiger partial charge in [-0.3, -0.25) is 10.1 Å². The average molecular weight is 242 g/mol. The molecule has 0 aliphatic carbocycles. The van der Waals surface area contributed by atoms with E-state index in [1.807, 2.05) is 31.2 Å². The van der Waals surface area contributed by atoms with E-state index in [2.05, 4.69) is 0 Å². The molecule has 0 aliphatic rings. The molecule has 0 unspecified atom stereocenters. The number of benzene rings is 2. The highest BCUT2D eigenvalue weighted by atomic mass is 16.6. The lowest BCUT2D eigenvalue weighted by atomic mass is 10.0. The molecule has 0 bridgehead atoms. The third kappa shape index (κ3) is 2.32. The summed E-state index contributed by atoms with van der Waals surface area (Å²) in [4.78, 5) is 10.4. The summed E-state index contributed by atoms with van der Waals surface area (Å²) in [7, 11) is 0. The molecule has 92 valence electrons. The Morgan fingerprint density at radius 1 is 1.17 bits per heavy atom. The SMILES string of the molecule is CCc1cc(-c2cccc([N+](=O)[O-])c2)ccc1N. The van der Waals surface area contributed by atoms with Crippen molar-refractivity contribution in [2.45, 2.75) is 13.3 Å². The number of anilines is 1. The molecule has 0 aliphatic heterocycles. The van der Waals surface area contributed by atoms with Crippen molar-refractivity contribution in [3.05, 3.63) is 58.1 Å². The lowest BCUT2D eigenvalue weighted by Gasteiger charge is -2.07. The van der Waals surface area contributed by atoms with Gasteiger partial charge in [-0.25, -0.2) is 0 Å². The van der Waals surface area contributed by atoms with E-state index in [1.165, 1.54) is 6.07 Å². The summed E-state index contributed by atoms with van der Waals surface area (Å²) in [5.74, 6) is 0. The van der Waals surface area contributed by atoms with Crippen LogP contribution in [-0.4, -0.2) is 4.92 Å². The summed E-state index contributed by atoms with van der Waals surface area (Å²) < 4.78 is 0. The molecule has 2 rings (SSSR count). The number of nitro groups is 1. The first-order chi connectivity index (χ1) is 8.61. The van der Waals surface area contributed by atoms with Crippen LogP contribution in [0.15, 0.2) is 42.5 Å². The molecule has 4 nitrogen and oxygen atoms in total. The molecule has 0 spiro atoms. The lowest BCUT2D eigenvalue weighted by molar-refractivity contribution is -0.384. The normalized spacial score (nSPS) is 10.3. The summed E-state index contributed by atoms with van der Waals surface area (Å²) >= 11 is 0. The second kappa shape index (κ2) is 4.87. The van der Waals surface area contributed by atoms with Gasteiger partial charge in [0.15, 0.2) is 0 Å². The highest BCUT2D eigenvalue weighted by Gasteiger charge is 2.08. The maximum Gasteiger partial charge on any atom is 0.270 e. The van der Waals surface area contributed by atoms with E-state index < -0.39 is 0 Å². The molecule has 0 heterocycles. The van der Waals surface area contributed by atoms with Gasteiger partial charge in [0.2, 0.25) is 0 Å². The maximum atomic E-state index is 10.7. The van der Waals surface area contributed by atoms with Crippen LogP contribution in [0.4, 0.5) is 11.4 Å². The molecule has 2 aromatic rings. The second-order valence-corrected chi connectivity index (χ2v) is 4.07. The smallest absolute Gasteiger partial charge is 0.270 e. The fourth-order valence-corrected chi connectivity index (χ4v) is 1.89. The predicted molar refractivity (Wildman–Crippen MR) is 72.3 cm³/mol. The zero-order valence-electron chi connectivity index (χ0n) is 10.1. The Balaban J connectivity index is 2.48. The first-order valence-corrected chi connectivity index (χ1v) is 5.75. The minimum absolute atomic E-state index is 0.0994. The summed E-state index contributed by atoms with van der Waals surface area (Å²) in [5.41, 5.74) is 9.54. The predicted octanol–water partition coefficient (Wildman–Crippen LogP) is 3.41. The van der Waals surface area contributed by atoms with E-state index in [0.29, 0.717) is 0 Å². The third-order valence-electron chi connectivity index (χ3n) is 2.91. The van der Waals surface area contributed by atoms with Gasteiger partial charge < -0.3 is 5.73 Å². The standard InChI is InChI=1S/C14H14N2O2/c1-2-10-8-12(6-7-14(10)15)11-4-3-5-13(9-11)16(17)18/h3-9H,2,15H2,1H3. The first kappa shape index (κ1) is 12.1. The van der Waals surface area contributed by atoms with Crippen LogP contribution >= 0.6 is 0 Å². The third-order valence-corrected chi connectivity index (χ3v) is 2.91. The van der Waals surface area contributed by atoms with Crippen LogP contribution in [0.25, 0.3) is 11.1 Å². The Labute approximate surface area is 105 Å². The highest BCUT2D eigenvalue weighted by Crippen LogP contribution is 2.26. The quantitative estimate of drug-likeness (QED) is 0.509. The molecular weight excluding hydrogens is 228 g/mol. The largest absolute Gasteiger partial charge is 0.399 e. The molecule has 0 atom stereocenters. The Morgan fingerprint density at radius 2 is 1.89 bits per heavy atom. The monoisotopic (exact) mass is 242 g/mol. The van der Waals surface area contributed by atoms with Gasteiger partial charge in [0, 0.05) is 17.8 Å². The Bertz CT molecular complexity index is 594. The van der Waals surface area contributed by atoms with E-state index >= 15 is 0 Å². The van der Waals surface area contributed by atoms with Crippen LogP contribution < -0.4 is 5.73 Å². The van der Waals surface area contributed by atoms with Crippen molar-refractivity contribution in [2.75, 3.05) is 5.73 Å². The van der Waals surface area contributed by atoms with Crippen LogP contribution in [0.2, 0.25) is 0 Å². The molecule has 4 heteroatoms. The molecule has 2 aromatic carbocycles. The number of nitro benzene ring substituents is 1. The Morgan fingerprint density at radius 3 is 2.56 bits per heavy atom. The number of non-ortho nitro benzene ring substituents is 1. The molecule has 0 fully saturated rings. The van der Waals surface area contributed by atoms with Crippen LogP contribution in [0.5, 0.6) is 0 Å². The lowest BCUT2D eigenvalue weighted by Crippen LogP contribution is -1.93. The van der Waals surface area contributed by atoms with Crippen molar-refractivity contribution >= 4 is 11.4 Å². The summed E-state index contributed by atoms with van der Waals surface area (Å²) in [6.45, 7) is 2.03. The van der Waals surface area contributed by atoms with Crippen molar-refractivity contribution in [1.82, 2.24) is 0 Å². The van der Waals surface area contributed by atoms with E-state index in [9.17, 15) is 10.1 Å². The van der Waals surface area contributed by atoms with Gasteiger partial charge in [0.1, 0.15) is 0 Å². The van der Waals surface area contributed by atoms with Crippen molar-refractivity contribution in [2.24, 2.45) is 0 Å². The van der Waals surface area contributed by atoms with E-state index in [0.717, 1.165) is 28.8 Å². The van der Waals surface area contributed by atoms with Gasteiger partial charge in [-0.05, 0) is 35.2 Å². The summed E-state index contributed by atoms with van der Waals surface area (Å²) in [6, 6.07) is 12.3. The molecule has 0 saturated heterocycles. The molecule has 0 saturated carbocycles. The van der Waals surface area contributed by atoms with E-state index in [4.69, 9.17) is 5.73 Å². The molecule has 0 aromatic heterocycles. The van der Waals surface area contributed by atoms with Gasteiger partial charge in [-0.15, -0.1) is 0 Å². The molecular formula is C14H14N2O2. The fraction of sp³-hybridized carbons (Fsp3) is 0.143. The van der Waals surface area contributed by atoms with Gasteiger partial charge in [0.05, 0.1) is 4.92 Å². The topological polar surface area (TPSA) is 69.2 Å². The highest BCUT2D eigenvalue weighted by molar-refractivity contribution is 5.69. The number of aryl methyl sites for hydroxylation is 1. The molecule has 0 amide bonds. The number of rotatable bonds is 3. The molecule has 2 N–H and O–H groups in total. The minimum Gasteiger partial charge on any atom is -0.399 e. The Kier molecular flexibility index (Phi) is 3.28. The minimum atomic E-state index is -0.387. The number of nitrogen functional groups attached to an aromatic ring is 1. The number of nitrogens with two attached hydrogens (primary N) is 1. The van der Waals surface area contributed by atoms with Crippen LogP contribution in [0.1, 0.15) is 12.5 Å². The van der Waals surface area contributed by atoms with E-state index in [1.54, 1.807) is 12.1 Å². The van der Waals surface area contributed by atoms with Crippen molar-refractivity contribution in [1.29, 1.82) is 0 Å². The zero-order valence-corrected chi connectivity index (χ0v) is 10.1. The number of hydrogen-bond donors (Lipinski definition) is 1. The van der Waals surface area contributed by atoms with Crippen LogP contribution in [0, 0.1) is 10.1 Å². The van der Waals surface area contributed by atoms with Gasteiger partial charge in [0.25, 0.3) is 5.69 Å². The van der Waals surface area contributed by atoms with Crippen molar-refractivity contribution < 1.29 is 4.92 Å². The number of hydrogen-bond acceptors (Lipinski definition) is 3. The van der Waals surface area contributed by atoms with Crippen molar-refractivity contribution in [3.8, 4) is 11.1 Å². The average Bonchev–Trinajstić information content (AvgIpc) is 2.39. The van der Waals surface area contributed by atoms with Gasteiger partial charge in [-0.1, -0.05) is 25.1 Å². The van der Waals surface area contributed by atoms with Gasteiger partial charge in [-0.2, -0.15) is 0 Å². The maximum absolute atomic E-state index is 10.7. The summed E-state index contributed by atoms with van der Waals surface area (Å²) in [5, 5.41) is 10.7. The Hall–Kier alpha value is -2.36. The fourth-order valence-electron chi connectivity index (χ4n) is 1.89. The zero-order chi connectivity index (χ0) is 13.1. The van der Waals surface area contributed by atoms with E-state index in [-0.39, 0.29) is 10.6 Å². The van der Waals surface area contributed by atoms with Crippen LogP contribution in [-0.2, 0) is 6.42 Å². The van der Waals surface area contributed by atoms with Crippen molar-refractivity contribution in [3.63, 3.8) is 0 Å². The molecule has 18 heavy (non-hydrogen) atoms. The van der Waals surface area contributed by atoms with Gasteiger partial charge >= 0.3 is 0 Å². The molecule has 0 radical (unpaired) electrons. The summed E-state index contributed by atoms with van der Waals surface area (Å²) in [6.07, 6.45) is 0.842. The number of nitrogens with zero attached hydrogens (tertiary/aromatic N) is 1. The second-order valence-electron chi connectivity index (χ2n) is 4.07. The first-order valence-electron chi connectivity index (χ1n) is 5.75. The van der Waals surface area contributed by atoms with Crippen LogP contribution in [0.3, 0.4) is 0 Å².